The summed E-state index contributed by atoms with van der Waals surface area (Å²) >= 11 is 12.0. The minimum absolute atomic E-state index is 0. The average molecular weight is 377 g/mol. The molecule has 2 rings (SSSR count). The maximum Gasteiger partial charge on any atom is 0.300 e. The first-order valence-corrected chi connectivity index (χ1v) is 6.89. The van der Waals surface area contributed by atoms with E-state index in [1.807, 2.05) is 42.5 Å². The molecule has 0 fully saturated rings. The summed E-state index contributed by atoms with van der Waals surface area (Å²) in [6.45, 7) is 2.17. The molecular weight excluding hydrogens is 355 g/mol. The second-order valence-electron chi connectivity index (χ2n) is 4.01. The van der Waals surface area contributed by atoms with Crippen LogP contribution < -0.4 is 12.3 Å². The van der Waals surface area contributed by atoms with E-state index >= 15 is 0 Å². The van der Waals surface area contributed by atoms with Crippen molar-refractivity contribution in [1.29, 1.82) is 0 Å². The molecule has 0 radical (unpaired) electrons. The molecule has 0 aliphatic heterocycles. The highest BCUT2D eigenvalue weighted by molar-refractivity contribution is 6.43. The summed E-state index contributed by atoms with van der Waals surface area (Å²) in [4.78, 5) is 18.0. The van der Waals surface area contributed by atoms with Crippen molar-refractivity contribution in [3.63, 3.8) is 0 Å². The molecule has 0 heterocycles. The zero-order valence-electron chi connectivity index (χ0n) is 13.5. The van der Waals surface area contributed by atoms with Crippen molar-refractivity contribution in [3.8, 4) is 11.1 Å². The number of hydrogen-bond acceptors (Lipinski definition) is 4. The van der Waals surface area contributed by atoms with E-state index in [9.17, 15) is 0 Å². The van der Waals surface area contributed by atoms with Crippen LogP contribution in [0.2, 0.25) is 10.0 Å². The first-order valence-electron chi connectivity index (χ1n) is 6.14. The van der Waals surface area contributed by atoms with E-state index in [0.717, 1.165) is 25.0 Å². The molecule has 2 aromatic carbocycles. The van der Waals surface area contributed by atoms with E-state index in [4.69, 9.17) is 43.0 Å². The number of carboxylic acid groups (broad SMARTS) is 2. The summed E-state index contributed by atoms with van der Waals surface area (Å²) in [6.07, 6.45) is 0. The van der Waals surface area contributed by atoms with Crippen molar-refractivity contribution in [1.82, 2.24) is 12.3 Å². The molecule has 24 heavy (non-hydrogen) atoms. The van der Waals surface area contributed by atoms with E-state index in [0.29, 0.717) is 10.0 Å². The van der Waals surface area contributed by atoms with Gasteiger partial charge in [-0.1, -0.05) is 65.7 Å². The first kappa shape index (κ1) is 26.8. The fourth-order valence-corrected chi connectivity index (χ4v) is 1.75. The lowest BCUT2D eigenvalue weighted by molar-refractivity contribution is -0.135. The largest absolute Gasteiger partial charge is 0.481 e. The van der Waals surface area contributed by atoms with Gasteiger partial charge in [0.15, 0.2) is 0 Å². The van der Waals surface area contributed by atoms with Gasteiger partial charge in [0.05, 0.1) is 10.0 Å². The molecule has 0 saturated heterocycles. The van der Waals surface area contributed by atoms with Gasteiger partial charge in [-0.2, -0.15) is 0 Å². The molecule has 0 bridgehead atoms. The molecule has 0 amide bonds. The van der Waals surface area contributed by atoms with E-state index in [2.05, 4.69) is 0 Å². The van der Waals surface area contributed by atoms with Crippen LogP contribution in [0.15, 0.2) is 48.5 Å². The van der Waals surface area contributed by atoms with Crippen LogP contribution in [0.4, 0.5) is 0 Å². The Morgan fingerprint density at radius 2 is 1.21 bits per heavy atom. The average Bonchev–Trinajstić information content (AvgIpc) is 2.42. The van der Waals surface area contributed by atoms with Crippen LogP contribution >= 0.6 is 23.2 Å². The first-order chi connectivity index (χ1) is 10.3. The molecule has 0 aromatic heterocycles. The van der Waals surface area contributed by atoms with Gasteiger partial charge in [-0.15, -0.1) is 0 Å². The van der Waals surface area contributed by atoms with Crippen LogP contribution in [0.25, 0.3) is 11.1 Å². The van der Waals surface area contributed by atoms with Gasteiger partial charge in [-0.05, 0) is 11.6 Å². The zero-order chi connectivity index (χ0) is 17.1. The predicted octanol–water partition coefficient (Wildman–Crippen LogP) is 5.17. The van der Waals surface area contributed by atoms with Gasteiger partial charge < -0.3 is 22.5 Å². The second kappa shape index (κ2) is 14.5. The number of carboxylic acids is 2. The van der Waals surface area contributed by atoms with Crippen LogP contribution in [-0.2, 0) is 9.59 Å². The number of halogens is 2. The second-order valence-corrected chi connectivity index (χ2v) is 4.79. The lowest BCUT2D eigenvalue weighted by atomic mass is 10.1. The molecule has 134 valence electrons. The van der Waals surface area contributed by atoms with Crippen molar-refractivity contribution in [2.45, 2.75) is 13.8 Å². The number of rotatable bonds is 1. The highest BCUT2D eigenvalue weighted by atomic mass is 35.5. The van der Waals surface area contributed by atoms with E-state index in [1.54, 1.807) is 6.07 Å². The highest BCUT2D eigenvalue weighted by Gasteiger charge is 2.05. The van der Waals surface area contributed by atoms with Crippen LogP contribution in [0.5, 0.6) is 0 Å². The Bertz CT molecular complexity index is 603. The minimum Gasteiger partial charge on any atom is -0.481 e. The minimum atomic E-state index is -0.833. The van der Waals surface area contributed by atoms with Crippen molar-refractivity contribution >= 4 is 35.1 Å². The van der Waals surface area contributed by atoms with Crippen molar-refractivity contribution in [2.24, 2.45) is 0 Å². The maximum absolute atomic E-state index is 9.00. The Labute approximate surface area is 151 Å². The lowest BCUT2D eigenvalue weighted by Gasteiger charge is -2.04. The quantitative estimate of drug-likeness (QED) is 0.540. The molecule has 0 atom stereocenters. The molecule has 0 spiro atoms. The third-order valence-electron chi connectivity index (χ3n) is 2.04. The van der Waals surface area contributed by atoms with Crippen LogP contribution in [-0.4, -0.2) is 22.2 Å². The summed E-state index contributed by atoms with van der Waals surface area (Å²) in [6, 6.07) is 15.6. The Balaban J connectivity index is -0.000000378. The fourth-order valence-electron chi connectivity index (χ4n) is 1.34. The van der Waals surface area contributed by atoms with Gasteiger partial charge in [0.25, 0.3) is 11.9 Å². The summed E-state index contributed by atoms with van der Waals surface area (Å²) in [5.41, 5.74) is 2.06. The van der Waals surface area contributed by atoms with Crippen LogP contribution in [0.3, 0.4) is 0 Å². The van der Waals surface area contributed by atoms with Gasteiger partial charge in [0, 0.05) is 19.4 Å². The predicted molar refractivity (Wildman–Crippen MR) is 98.6 cm³/mol. The Morgan fingerprint density at radius 1 is 0.792 bits per heavy atom. The zero-order valence-corrected chi connectivity index (χ0v) is 15.0. The summed E-state index contributed by atoms with van der Waals surface area (Å²) in [5, 5.41) is 16.0. The molecule has 2 aromatic rings. The van der Waals surface area contributed by atoms with Crippen molar-refractivity contribution < 1.29 is 19.8 Å². The molecule has 0 saturated carbocycles. The van der Waals surface area contributed by atoms with E-state index in [-0.39, 0.29) is 12.3 Å². The molecule has 8 heteroatoms. The molecule has 6 nitrogen and oxygen atoms in total. The maximum atomic E-state index is 9.00. The topological polar surface area (TPSA) is 145 Å². The van der Waals surface area contributed by atoms with Gasteiger partial charge in [-0.3, -0.25) is 9.59 Å². The third kappa shape index (κ3) is 12.4. The number of aliphatic carboxylic acids is 2. The third-order valence-corrected chi connectivity index (χ3v) is 2.86. The Hall–Kier alpha value is -2.12. The van der Waals surface area contributed by atoms with Gasteiger partial charge in [0.2, 0.25) is 0 Å². The molecule has 8 N–H and O–H groups in total. The van der Waals surface area contributed by atoms with E-state index in [1.165, 1.54) is 0 Å². The number of benzene rings is 2. The molecule has 0 aliphatic carbocycles. The highest BCUT2D eigenvalue weighted by Crippen LogP contribution is 2.32. The Kier molecular flexibility index (Phi) is 16.1. The van der Waals surface area contributed by atoms with Gasteiger partial charge in [0.1, 0.15) is 0 Å². The fraction of sp³-hybridized carbons (Fsp3) is 0.125. The van der Waals surface area contributed by atoms with Crippen molar-refractivity contribution in [2.75, 3.05) is 0 Å². The summed E-state index contributed by atoms with van der Waals surface area (Å²) in [7, 11) is 0. The van der Waals surface area contributed by atoms with Crippen LogP contribution in [0, 0.1) is 0 Å². The number of carbonyl (C=O) groups is 2. The SMILES string of the molecule is CC(=O)O.CC(=O)O.Clc1cccc(-c2ccccc2)c1Cl.N.N. The number of hydrogen-bond donors (Lipinski definition) is 4. The summed E-state index contributed by atoms with van der Waals surface area (Å²) in [5.74, 6) is -1.67. The van der Waals surface area contributed by atoms with Gasteiger partial charge in [-0.25, -0.2) is 0 Å². The van der Waals surface area contributed by atoms with Crippen molar-refractivity contribution in [3.05, 3.63) is 58.6 Å². The summed E-state index contributed by atoms with van der Waals surface area (Å²) < 4.78 is 0. The molecule has 0 unspecified atom stereocenters. The standard InChI is InChI=1S/C12H8Cl2.2C2H4O2.2H3N/c13-11-8-4-7-10(12(11)14)9-5-2-1-3-6-9;2*1-2(3)4;;/h1-8H;2*1H3,(H,3,4);2*1H3. The van der Waals surface area contributed by atoms with Crippen LogP contribution in [0.1, 0.15) is 13.8 Å². The smallest absolute Gasteiger partial charge is 0.300 e. The van der Waals surface area contributed by atoms with E-state index < -0.39 is 11.9 Å². The normalized spacial score (nSPS) is 8.00. The molecular formula is C16H22Cl2N2O4. The monoisotopic (exact) mass is 376 g/mol. The Morgan fingerprint density at radius 3 is 1.62 bits per heavy atom. The molecule has 0 aliphatic rings. The van der Waals surface area contributed by atoms with Gasteiger partial charge >= 0.3 is 0 Å². The lowest BCUT2D eigenvalue weighted by Crippen LogP contribution is -1.79.